The standard InChI is InChI=1S/C24H21F3O8/c1-3-11-32-23(30)14-5-7-15(8-6-14)34-21-20(29)17-10-9-16(33-13-19(28)31-4-2)12-18(17)35-22(21)24(25,26)27/h5-10,12H,3-4,11,13H2,1-2H3. The summed E-state index contributed by atoms with van der Waals surface area (Å²) >= 11 is 0. The van der Waals surface area contributed by atoms with Gasteiger partial charge in [0.15, 0.2) is 6.61 Å². The number of alkyl halides is 3. The predicted molar refractivity (Wildman–Crippen MR) is 117 cm³/mol. The molecule has 1 heterocycles. The van der Waals surface area contributed by atoms with Crippen LogP contribution >= 0.6 is 0 Å². The molecule has 0 saturated carbocycles. The minimum atomic E-state index is -5.06. The minimum Gasteiger partial charge on any atom is -0.482 e. The Hall–Kier alpha value is -4.02. The quantitative estimate of drug-likeness (QED) is 0.378. The van der Waals surface area contributed by atoms with Crippen LogP contribution in [0.25, 0.3) is 11.0 Å². The zero-order valence-electron chi connectivity index (χ0n) is 18.8. The summed E-state index contributed by atoms with van der Waals surface area (Å²) in [6.45, 7) is 3.32. The van der Waals surface area contributed by atoms with Gasteiger partial charge in [-0.1, -0.05) is 6.92 Å². The molecule has 0 spiro atoms. The van der Waals surface area contributed by atoms with Gasteiger partial charge < -0.3 is 23.4 Å². The van der Waals surface area contributed by atoms with Crippen molar-refractivity contribution in [3.63, 3.8) is 0 Å². The molecule has 186 valence electrons. The van der Waals surface area contributed by atoms with Gasteiger partial charge in [0.05, 0.1) is 24.2 Å². The van der Waals surface area contributed by atoms with E-state index in [0.717, 1.165) is 6.07 Å². The van der Waals surface area contributed by atoms with E-state index in [0.29, 0.717) is 6.42 Å². The highest BCUT2D eigenvalue weighted by Crippen LogP contribution is 2.38. The molecular formula is C24H21F3O8. The van der Waals surface area contributed by atoms with Gasteiger partial charge >= 0.3 is 18.1 Å². The fourth-order valence-corrected chi connectivity index (χ4v) is 2.93. The van der Waals surface area contributed by atoms with Crippen molar-refractivity contribution in [2.45, 2.75) is 26.4 Å². The average Bonchev–Trinajstić information content (AvgIpc) is 2.82. The summed E-state index contributed by atoms with van der Waals surface area (Å²) in [6, 6.07) is 8.63. The van der Waals surface area contributed by atoms with E-state index in [-0.39, 0.29) is 35.7 Å². The summed E-state index contributed by atoms with van der Waals surface area (Å²) in [5.74, 6) is -4.10. The van der Waals surface area contributed by atoms with Crippen molar-refractivity contribution in [2.24, 2.45) is 0 Å². The monoisotopic (exact) mass is 494 g/mol. The molecule has 0 fully saturated rings. The molecule has 0 aliphatic rings. The second-order valence-electron chi connectivity index (χ2n) is 7.10. The van der Waals surface area contributed by atoms with Crippen molar-refractivity contribution in [2.75, 3.05) is 19.8 Å². The van der Waals surface area contributed by atoms with Crippen LogP contribution in [0.15, 0.2) is 51.7 Å². The Morgan fingerprint density at radius 1 is 0.971 bits per heavy atom. The van der Waals surface area contributed by atoms with E-state index in [1.165, 1.54) is 36.4 Å². The maximum absolute atomic E-state index is 13.7. The summed E-state index contributed by atoms with van der Waals surface area (Å²) in [6.07, 6.45) is -4.43. The summed E-state index contributed by atoms with van der Waals surface area (Å²) in [5, 5.41) is -0.198. The Bertz CT molecular complexity index is 1260. The third-order valence-electron chi connectivity index (χ3n) is 4.49. The largest absolute Gasteiger partial charge is 0.482 e. The van der Waals surface area contributed by atoms with Crippen LogP contribution in [-0.2, 0) is 20.4 Å². The molecule has 1 aromatic heterocycles. The number of halogens is 3. The number of hydrogen-bond acceptors (Lipinski definition) is 8. The van der Waals surface area contributed by atoms with E-state index in [1.54, 1.807) is 6.92 Å². The predicted octanol–water partition coefficient (Wildman–Crippen LogP) is 5.11. The number of carbonyl (C=O) groups is 2. The van der Waals surface area contributed by atoms with Gasteiger partial charge in [-0.05, 0) is 49.7 Å². The molecular weight excluding hydrogens is 473 g/mol. The number of rotatable bonds is 9. The van der Waals surface area contributed by atoms with Crippen molar-refractivity contribution in [3.8, 4) is 17.2 Å². The van der Waals surface area contributed by atoms with Gasteiger partial charge in [0, 0.05) is 6.07 Å². The summed E-state index contributed by atoms with van der Waals surface area (Å²) in [7, 11) is 0. The summed E-state index contributed by atoms with van der Waals surface area (Å²) in [5.41, 5.74) is -1.31. The maximum atomic E-state index is 13.7. The normalized spacial score (nSPS) is 11.2. The molecule has 0 saturated heterocycles. The van der Waals surface area contributed by atoms with Crippen molar-refractivity contribution in [1.29, 1.82) is 0 Å². The number of esters is 2. The summed E-state index contributed by atoms with van der Waals surface area (Å²) < 4.78 is 66.3. The Morgan fingerprint density at radius 2 is 1.66 bits per heavy atom. The molecule has 2 aromatic carbocycles. The topological polar surface area (TPSA) is 101 Å². The lowest BCUT2D eigenvalue weighted by molar-refractivity contribution is -0.154. The lowest BCUT2D eigenvalue weighted by atomic mass is 10.2. The lowest BCUT2D eigenvalue weighted by Gasteiger charge is -2.14. The van der Waals surface area contributed by atoms with Gasteiger partial charge in [0.2, 0.25) is 11.2 Å². The van der Waals surface area contributed by atoms with Crippen LogP contribution in [0, 0.1) is 0 Å². The molecule has 0 atom stereocenters. The highest BCUT2D eigenvalue weighted by atomic mass is 19.4. The zero-order valence-corrected chi connectivity index (χ0v) is 18.8. The molecule has 3 rings (SSSR count). The van der Waals surface area contributed by atoms with Crippen molar-refractivity contribution in [3.05, 3.63) is 64.0 Å². The van der Waals surface area contributed by atoms with Gasteiger partial charge in [0.1, 0.15) is 17.1 Å². The third kappa shape index (κ3) is 6.31. The van der Waals surface area contributed by atoms with Crippen molar-refractivity contribution in [1.82, 2.24) is 0 Å². The van der Waals surface area contributed by atoms with Crippen LogP contribution in [0.4, 0.5) is 13.2 Å². The van der Waals surface area contributed by atoms with E-state index in [9.17, 15) is 27.6 Å². The lowest BCUT2D eigenvalue weighted by Crippen LogP contribution is -2.16. The number of fused-ring (bicyclic) bond motifs is 1. The first kappa shape index (κ1) is 25.6. The van der Waals surface area contributed by atoms with Gasteiger partial charge in [-0.2, -0.15) is 13.2 Å². The van der Waals surface area contributed by atoms with Gasteiger partial charge in [-0.15, -0.1) is 0 Å². The second kappa shape index (κ2) is 10.9. The number of carbonyl (C=O) groups excluding carboxylic acids is 2. The van der Waals surface area contributed by atoms with E-state index >= 15 is 0 Å². The highest BCUT2D eigenvalue weighted by Gasteiger charge is 2.40. The number of hydrogen-bond donors (Lipinski definition) is 0. The van der Waals surface area contributed by atoms with Gasteiger partial charge in [-0.3, -0.25) is 4.79 Å². The molecule has 0 amide bonds. The van der Waals surface area contributed by atoms with Crippen molar-refractivity contribution < 1.29 is 46.1 Å². The highest BCUT2D eigenvalue weighted by molar-refractivity contribution is 5.89. The summed E-state index contributed by atoms with van der Waals surface area (Å²) in [4.78, 5) is 36.2. The SMILES string of the molecule is CCCOC(=O)c1ccc(Oc2c(C(F)(F)F)oc3cc(OCC(=O)OCC)ccc3c2=O)cc1. The number of ether oxygens (including phenoxy) is 4. The van der Waals surface area contributed by atoms with E-state index in [2.05, 4.69) is 0 Å². The smallest absolute Gasteiger partial charge is 0.453 e. The van der Waals surface area contributed by atoms with Crippen LogP contribution in [0.3, 0.4) is 0 Å². The Balaban J connectivity index is 1.94. The van der Waals surface area contributed by atoms with Crippen LogP contribution in [0.5, 0.6) is 17.2 Å². The molecule has 3 aromatic rings. The third-order valence-corrected chi connectivity index (χ3v) is 4.49. The zero-order chi connectivity index (χ0) is 25.6. The molecule has 11 heteroatoms. The van der Waals surface area contributed by atoms with E-state index in [4.69, 9.17) is 23.4 Å². The van der Waals surface area contributed by atoms with Crippen LogP contribution < -0.4 is 14.9 Å². The Kier molecular flexibility index (Phi) is 8.00. The Labute approximate surface area is 197 Å². The molecule has 0 N–H and O–H groups in total. The first-order valence-electron chi connectivity index (χ1n) is 10.6. The van der Waals surface area contributed by atoms with Crippen molar-refractivity contribution >= 4 is 22.9 Å². The second-order valence-corrected chi connectivity index (χ2v) is 7.10. The van der Waals surface area contributed by atoms with Crippen LogP contribution in [0.1, 0.15) is 36.4 Å². The average molecular weight is 494 g/mol. The first-order chi connectivity index (χ1) is 16.6. The fraction of sp³-hybridized carbons (Fsp3) is 0.292. The van der Waals surface area contributed by atoms with Crippen LogP contribution in [-0.4, -0.2) is 31.8 Å². The number of benzene rings is 2. The maximum Gasteiger partial charge on any atom is 0.453 e. The first-order valence-corrected chi connectivity index (χ1v) is 10.6. The van der Waals surface area contributed by atoms with Crippen LogP contribution in [0.2, 0.25) is 0 Å². The molecule has 35 heavy (non-hydrogen) atoms. The van der Waals surface area contributed by atoms with E-state index < -0.39 is 47.2 Å². The Morgan fingerprint density at radius 3 is 2.29 bits per heavy atom. The van der Waals surface area contributed by atoms with E-state index in [1.807, 2.05) is 6.92 Å². The molecule has 0 radical (unpaired) electrons. The van der Waals surface area contributed by atoms with Gasteiger partial charge in [0.25, 0.3) is 5.76 Å². The molecule has 0 aliphatic heterocycles. The molecule has 0 unspecified atom stereocenters. The van der Waals surface area contributed by atoms with Gasteiger partial charge in [-0.25, -0.2) is 9.59 Å². The minimum absolute atomic E-state index is 0.000966. The fourth-order valence-electron chi connectivity index (χ4n) is 2.93. The molecule has 0 aliphatic carbocycles. The molecule has 0 bridgehead atoms. The molecule has 8 nitrogen and oxygen atoms in total.